The molecule has 0 bridgehead atoms. The van der Waals surface area contributed by atoms with Gasteiger partial charge in [0.15, 0.2) is 5.11 Å². The highest BCUT2D eigenvalue weighted by atomic mass is 79.9. The summed E-state index contributed by atoms with van der Waals surface area (Å²) in [7, 11) is 0. The highest BCUT2D eigenvalue weighted by Gasteiger charge is 2.19. The quantitative estimate of drug-likeness (QED) is 0.736. The van der Waals surface area contributed by atoms with E-state index in [1.807, 2.05) is 0 Å². The summed E-state index contributed by atoms with van der Waals surface area (Å²) in [6, 6.07) is 14.9. The topological polar surface area (TPSA) is 18.5 Å². The molecule has 0 spiro atoms. The molecule has 1 saturated heterocycles. The van der Waals surface area contributed by atoms with Crippen molar-refractivity contribution in [3.8, 4) is 0 Å². The van der Waals surface area contributed by atoms with Gasteiger partial charge in [0, 0.05) is 42.9 Å². The molecule has 0 amide bonds. The van der Waals surface area contributed by atoms with Gasteiger partial charge in [0.1, 0.15) is 0 Å². The van der Waals surface area contributed by atoms with E-state index in [4.69, 9.17) is 12.2 Å². The maximum atomic E-state index is 5.64. The molecular weight excluding hydrogens is 394 g/mol. The van der Waals surface area contributed by atoms with Crippen LogP contribution in [0.4, 0.5) is 5.69 Å². The third-order valence-electron chi connectivity index (χ3n) is 4.65. The molecule has 25 heavy (non-hydrogen) atoms. The zero-order chi connectivity index (χ0) is 17.8. The number of rotatable bonds is 3. The third kappa shape index (κ3) is 4.81. The van der Waals surface area contributed by atoms with E-state index in [0.29, 0.717) is 0 Å². The van der Waals surface area contributed by atoms with E-state index in [0.717, 1.165) is 43.5 Å². The van der Waals surface area contributed by atoms with Crippen molar-refractivity contribution in [3.63, 3.8) is 0 Å². The third-order valence-corrected chi connectivity index (χ3v) is 5.78. The van der Waals surface area contributed by atoms with Crippen LogP contribution in [-0.2, 0) is 6.54 Å². The predicted molar refractivity (Wildman–Crippen MR) is 113 cm³/mol. The minimum atomic E-state index is 0.828. The Morgan fingerprint density at radius 2 is 1.80 bits per heavy atom. The molecule has 1 fully saturated rings. The maximum absolute atomic E-state index is 5.64. The van der Waals surface area contributed by atoms with E-state index >= 15 is 0 Å². The molecule has 2 aromatic rings. The Labute approximate surface area is 164 Å². The Morgan fingerprint density at radius 3 is 2.52 bits per heavy atom. The van der Waals surface area contributed by atoms with E-state index in [2.05, 4.69) is 87.4 Å². The zero-order valence-electron chi connectivity index (χ0n) is 14.8. The Kier molecular flexibility index (Phi) is 6.10. The second-order valence-electron chi connectivity index (χ2n) is 6.60. The van der Waals surface area contributed by atoms with Crippen LogP contribution in [0, 0.1) is 13.8 Å². The summed E-state index contributed by atoms with van der Waals surface area (Å²) in [6.45, 7) is 9.16. The number of hydrogen-bond donors (Lipinski definition) is 1. The summed E-state index contributed by atoms with van der Waals surface area (Å²) in [5.41, 5.74) is 4.92. The number of aryl methyl sites for hydroxylation is 2. The molecule has 132 valence electrons. The van der Waals surface area contributed by atoms with Crippen molar-refractivity contribution in [2.45, 2.75) is 20.4 Å². The second kappa shape index (κ2) is 8.30. The number of benzene rings is 2. The van der Waals surface area contributed by atoms with Crippen molar-refractivity contribution >= 4 is 38.9 Å². The van der Waals surface area contributed by atoms with E-state index in [1.165, 1.54) is 21.2 Å². The van der Waals surface area contributed by atoms with Crippen LogP contribution in [0.2, 0.25) is 0 Å². The van der Waals surface area contributed by atoms with Gasteiger partial charge in [0.2, 0.25) is 0 Å². The Morgan fingerprint density at radius 1 is 1.08 bits per heavy atom. The number of anilines is 1. The molecule has 0 saturated carbocycles. The van der Waals surface area contributed by atoms with E-state index in [1.54, 1.807) is 0 Å². The van der Waals surface area contributed by atoms with Crippen molar-refractivity contribution in [1.29, 1.82) is 0 Å². The highest BCUT2D eigenvalue weighted by Crippen LogP contribution is 2.20. The van der Waals surface area contributed by atoms with Gasteiger partial charge in [-0.15, -0.1) is 0 Å². The fourth-order valence-electron chi connectivity index (χ4n) is 3.04. The normalized spacial score (nSPS) is 15.2. The molecule has 1 heterocycles. The fourth-order valence-corrected chi connectivity index (χ4v) is 3.74. The SMILES string of the molecule is Cc1ccc(C)c(NC(=S)N2CCN(Cc3ccccc3Br)CC2)c1. The zero-order valence-corrected chi connectivity index (χ0v) is 17.2. The molecule has 1 N–H and O–H groups in total. The lowest BCUT2D eigenvalue weighted by atomic mass is 10.1. The number of nitrogens with zero attached hydrogens (tertiary/aromatic N) is 2. The fraction of sp³-hybridized carbons (Fsp3) is 0.350. The largest absolute Gasteiger partial charge is 0.346 e. The minimum absolute atomic E-state index is 0.828. The lowest BCUT2D eigenvalue weighted by molar-refractivity contribution is 0.176. The second-order valence-corrected chi connectivity index (χ2v) is 7.84. The summed E-state index contributed by atoms with van der Waals surface area (Å²) in [5, 5.41) is 4.25. The van der Waals surface area contributed by atoms with Gasteiger partial charge in [-0.25, -0.2) is 0 Å². The van der Waals surface area contributed by atoms with E-state index in [-0.39, 0.29) is 0 Å². The lowest BCUT2D eigenvalue weighted by Gasteiger charge is -2.36. The van der Waals surface area contributed by atoms with Crippen molar-refractivity contribution in [2.24, 2.45) is 0 Å². The van der Waals surface area contributed by atoms with E-state index in [9.17, 15) is 0 Å². The lowest BCUT2D eigenvalue weighted by Crippen LogP contribution is -2.49. The predicted octanol–water partition coefficient (Wildman–Crippen LogP) is 4.58. The Bertz CT molecular complexity index is 754. The standard InChI is InChI=1S/C20H24BrN3S/c1-15-7-8-16(2)19(13-15)22-20(25)24-11-9-23(10-12-24)14-17-5-3-4-6-18(17)21/h3-8,13H,9-12,14H2,1-2H3,(H,22,25). The van der Waals surface area contributed by atoms with Crippen LogP contribution in [0.15, 0.2) is 46.9 Å². The Balaban J connectivity index is 1.54. The molecule has 1 aliphatic heterocycles. The van der Waals surface area contributed by atoms with Crippen LogP contribution < -0.4 is 5.32 Å². The van der Waals surface area contributed by atoms with Gasteiger partial charge in [0.25, 0.3) is 0 Å². The van der Waals surface area contributed by atoms with Crippen LogP contribution >= 0.6 is 28.1 Å². The molecule has 0 unspecified atom stereocenters. The monoisotopic (exact) mass is 417 g/mol. The van der Waals surface area contributed by atoms with Gasteiger partial charge >= 0.3 is 0 Å². The molecule has 1 aliphatic rings. The van der Waals surface area contributed by atoms with Gasteiger partial charge in [-0.1, -0.05) is 46.3 Å². The molecule has 0 atom stereocenters. The first-order chi connectivity index (χ1) is 12.0. The van der Waals surface area contributed by atoms with Crippen LogP contribution in [0.1, 0.15) is 16.7 Å². The molecule has 0 aromatic heterocycles. The average Bonchev–Trinajstić information content (AvgIpc) is 2.61. The first-order valence-corrected chi connectivity index (χ1v) is 9.82. The highest BCUT2D eigenvalue weighted by molar-refractivity contribution is 9.10. The van der Waals surface area contributed by atoms with E-state index < -0.39 is 0 Å². The summed E-state index contributed by atoms with van der Waals surface area (Å²) in [5.74, 6) is 0. The molecule has 0 radical (unpaired) electrons. The first-order valence-electron chi connectivity index (χ1n) is 8.62. The molecular formula is C20H24BrN3S. The number of thiocarbonyl (C=S) groups is 1. The van der Waals surface area contributed by atoms with Gasteiger partial charge < -0.3 is 10.2 Å². The summed E-state index contributed by atoms with van der Waals surface area (Å²) in [6.07, 6.45) is 0. The first kappa shape index (κ1) is 18.4. The number of piperazine rings is 1. The van der Waals surface area contributed by atoms with Crippen molar-refractivity contribution in [1.82, 2.24) is 9.80 Å². The molecule has 5 heteroatoms. The van der Waals surface area contributed by atoms with Crippen LogP contribution in [0.25, 0.3) is 0 Å². The van der Waals surface area contributed by atoms with Gasteiger partial charge in [-0.2, -0.15) is 0 Å². The van der Waals surface area contributed by atoms with Crippen molar-refractivity contribution in [2.75, 3.05) is 31.5 Å². The Hall–Kier alpha value is -1.43. The summed E-state index contributed by atoms with van der Waals surface area (Å²) >= 11 is 9.28. The van der Waals surface area contributed by atoms with Gasteiger partial charge in [-0.05, 0) is 54.9 Å². The number of halogens is 1. The van der Waals surface area contributed by atoms with Crippen LogP contribution in [0.5, 0.6) is 0 Å². The summed E-state index contributed by atoms with van der Waals surface area (Å²) in [4.78, 5) is 4.75. The number of hydrogen-bond acceptors (Lipinski definition) is 2. The maximum Gasteiger partial charge on any atom is 0.173 e. The molecule has 0 aliphatic carbocycles. The van der Waals surface area contributed by atoms with Crippen LogP contribution in [-0.4, -0.2) is 41.1 Å². The molecule has 3 nitrogen and oxygen atoms in total. The van der Waals surface area contributed by atoms with Gasteiger partial charge in [0.05, 0.1) is 0 Å². The average molecular weight is 418 g/mol. The van der Waals surface area contributed by atoms with Crippen LogP contribution in [0.3, 0.4) is 0 Å². The smallest absolute Gasteiger partial charge is 0.173 e. The number of nitrogens with one attached hydrogen (secondary N) is 1. The molecule has 3 rings (SSSR count). The summed E-state index contributed by atoms with van der Waals surface area (Å²) < 4.78 is 1.18. The molecule has 2 aromatic carbocycles. The van der Waals surface area contributed by atoms with Gasteiger partial charge in [-0.3, -0.25) is 4.90 Å². The minimum Gasteiger partial charge on any atom is -0.346 e. The van der Waals surface area contributed by atoms with Crippen molar-refractivity contribution in [3.05, 3.63) is 63.6 Å². The van der Waals surface area contributed by atoms with Crippen molar-refractivity contribution < 1.29 is 0 Å².